The number of benzene rings is 1. The first-order valence-corrected chi connectivity index (χ1v) is 8.52. The average Bonchev–Trinajstić information content (AvgIpc) is 3.02. The summed E-state index contributed by atoms with van der Waals surface area (Å²) in [5.74, 6) is -1.79. The molecule has 1 aromatic carbocycles. The number of nitrogens with zero attached hydrogens (tertiary/aromatic N) is 2. The summed E-state index contributed by atoms with van der Waals surface area (Å²) >= 11 is 0. The second kappa shape index (κ2) is 7.74. The van der Waals surface area contributed by atoms with E-state index in [2.05, 4.69) is 0 Å². The summed E-state index contributed by atoms with van der Waals surface area (Å²) in [5, 5.41) is 8.76. The fourth-order valence-electron chi connectivity index (χ4n) is 2.95. The van der Waals surface area contributed by atoms with Crippen molar-refractivity contribution >= 4 is 11.7 Å². The number of anilines is 1. The summed E-state index contributed by atoms with van der Waals surface area (Å²) in [6.07, 6.45) is 1.84. The van der Waals surface area contributed by atoms with Crippen molar-refractivity contribution in [2.45, 2.75) is 25.7 Å². The van der Waals surface area contributed by atoms with Gasteiger partial charge in [0.2, 0.25) is 0 Å². The number of aromatic nitrogens is 1. The molecule has 2 aromatic rings. The predicted molar refractivity (Wildman–Crippen MR) is 92.6 cm³/mol. The van der Waals surface area contributed by atoms with Gasteiger partial charge in [-0.1, -0.05) is 6.92 Å². The number of hydrogen-bond acceptors (Lipinski definition) is 5. The van der Waals surface area contributed by atoms with E-state index in [4.69, 9.17) is 14.3 Å². The van der Waals surface area contributed by atoms with E-state index in [9.17, 15) is 14.0 Å². The van der Waals surface area contributed by atoms with E-state index < -0.39 is 17.5 Å². The summed E-state index contributed by atoms with van der Waals surface area (Å²) in [7, 11) is 0. The quantitative estimate of drug-likeness (QED) is 0.847. The number of carboxylic acids is 1. The highest BCUT2D eigenvalue weighted by Crippen LogP contribution is 2.25. The molecule has 1 fully saturated rings. The number of carbonyl (C=O) groups is 1. The van der Waals surface area contributed by atoms with Gasteiger partial charge in [0.05, 0.1) is 30.8 Å². The number of morpholine rings is 1. The molecule has 1 aliphatic heterocycles. The molecule has 3 rings (SSSR count). The fraction of sp³-hybridized carbons (Fsp3) is 0.444. The molecular formula is C18H21FN2O5. The van der Waals surface area contributed by atoms with Gasteiger partial charge < -0.3 is 19.2 Å². The van der Waals surface area contributed by atoms with Crippen LogP contribution in [0.3, 0.4) is 0 Å². The number of ether oxygens (including phenoxy) is 1. The molecule has 0 spiro atoms. The molecule has 2 heterocycles. The third-order valence-electron chi connectivity index (χ3n) is 4.50. The normalized spacial score (nSPS) is 15.8. The molecule has 0 aliphatic carbocycles. The van der Waals surface area contributed by atoms with E-state index >= 15 is 0 Å². The topological polar surface area (TPSA) is 84.9 Å². The van der Waals surface area contributed by atoms with Crippen LogP contribution in [0.25, 0.3) is 5.69 Å². The lowest BCUT2D eigenvalue weighted by Crippen LogP contribution is -2.36. The van der Waals surface area contributed by atoms with Crippen LogP contribution in [0, 0.1) is 5.82 Å². The van der Waals surface area contributed by atoms with Crippen LogP contribution in [0.4, 0.5) is 10.1 Å². The Morgan fingerprint density at radius 3 is 2.73 bits per heavy atom. The van der Waals surface area contributed by atoms with Crippen LogP contribution in [0.2, 0.25) is 0 Å². The van der Waals surface area contributed by atoms with Crippen molar-refractivity contribution in [3.05, 3.63) is 46.5 Å². The Balaban J connectivity index is 1.81. The smallest absolute Gasteiger partial charge is 0.423 e. The average molecular weight is 364 g/mol. The molecule has 0 radical (unpaired) electrons. The maximum atomic E-state index is 14.5. The van der Waals surface area contributed by atoms with Crippen molar-refractivity contribution < 1.29 is 23.4 Å². The monoisotopic (exact) mass is 364 g/mol. The van der Waals surface area contributed by atoms with Gasteiger partial charge in [0, 0.05) is 31.5 Å². The van der Waals surface area contributed by atoms with E-state index in [1.54, 1.807) is 19.1 Å². The third-order valence-corrected chi connectivity index (χ3v) is 4.50. The predicted octanol–water partition coefficient (Wildman–Crippen LogP) is 2.37. The summed E-state index contributed by atoms with van der Waals surface area (Å²) in [6.45, 7) is 4.13. The van der Waals surface area contributed by atoms with E-state index in [1.807, 2.05) is 4.90 Å². The van der Waals surface area contributed by atoms with Gasteiger partial charge in [0.25, 0.3) is 0 Å². The summed E-state index contributed by atoms with van der Waals surface area (Å²) in [6, 6.07) is 4.60. The molecule has 1 aliphatic rings. The van der Waals surface area contributed by atoms with Crippen molar-refractivity contribution in [1.29, 1.82) is 0 Å². The third kappa shape index (κ3) is 3.96. The van der Waals surface area contributed by atoms with Crippen molar-refractivity contribution in [2.24, 2.45) is 0 Å². The Kier molecular flexibility index (Phi) is 5.41. The molecule has 1 saturated heterocycles. The molecule has 7 nitrogen and oxygen atoms in total. The van der Waals surface area contributed by atoms with Gasteiger partial charge in [0.1, 0.15) is 11.6 Å². The maximum absolute atomic E-state index is 14.5. The molecule has 140 valence electrons. The van der Waals surface area contributed by atoms with E-state index in [-0.39, 0.29) is 12.3 Å². The van der Waals surface area contributed by atoms with Gasteiger partial charge in [-0.3, -0.25) is 4.79 Å². The minimum Gasteiger partial charge on any atom is -0.481 e. The zero-order valence-corrected chi connectivity index (χ0v) is 14.5. The van der Waals surface area contributed by atoms with Crippen molar-refractivity contribution in [3.8, 4) is 5.69 Å². The lowest BCUT2D eigenvalue weighted by Gasteiger charge is -2.29. The van der Waals surface area contributed by atoms with E-state index in [0.29, 0.717) is 49.9 Å². The lowest BCUT2D eigenvalue weighted by atomic mass is 10.0. The first kappa shape index (κ1) is 18.2. The maximum Gasteiger partial charge on any atom is 0.423 e. The molecule has 0 unspecified atom stereocenters. The molecule has 1 atom stereocenters. The zero-order chi connectivity index (χ0) is 18.7. The van der Waals surface area contributed by atoms with Gasteiger partial charge >= 0.3 is 11.7 Å². The Hall–Kier alpha value is -2.61. The highest BCUT2D eigenvalue weighted by Gasteiger charge is 2.18. The summed E-state index contributed by atoms with van der Waals surface area (Å²) in [4.78, 5) is 24.7. The molecule has 0 bridgehead atoms. The standard InChI is InChI=1S/C18H21FN2O5/c1-12(2-5-17(22)23)16-11-21(18(24)26-16)13-3-4-15(14(19)10-13)20-6-8-25-9-7-20/h3-4,10-12H,2,5-9H2,1H3,(H,22,23)/t12-/m1/s1. The van der Waals surface area contributed by atoms with Crippen molar-refractivity contribution in [3.63, 3.8) is 0 Å². The first-order valence-electron chi connectivity index (χ1n) is 8.52. The summed E-state index contributed by atoms with van der Waals surface area (Å²) in [5.41, 5.74) is 0.841. The van der Waals surface area contributed by atoms with Crippen LogP contribution in [0.1, 0.15) is 31.4 Å². The Morgan fingerprint density at radius 1 is 1.35 bits per heavy atom. The minimum atomic E-state index is -0.903. The summed E-state index contributed by atoms with van der Waals surface area (Å²) < 4.78 is 26.3. The van der Waals surface area contributed by atoms with E-state index in [0.717, 1.165) is 0 Å². The minimum absolute atomic E-state index is 0.0149. The molecular weight excluding hydrogens is 343 g/mol. The molecule has 0 amide bonds. The number of oxazole rings is 1. The molecule has 1 N–H and O–H groups in total. The van der Waals surface area contributed by atoms with Crippen LogP contribution in [0.5, 0.6) is 0 Å². The van der Waals surface area contributed by atoms with E-state index in [1.165, 1.54) is 16.8 Å². The molecule has 1 aromatic heterocycles. The molecule has 8 heteroatoms. The van der Waals surface area contributed by atoms with Gasteiger partial charge in [-0.25, -0.2) is 13.8 Å². The Bertz CT molecular complexity index is 838. The van der Waals surface area contributed by atoms with Crippen LogP contribution in [0.15, 0.2) is 33.6 Å². The van der Waals surface area contributed by atoms with Crippen molar-refractivity contribution in [2.75, 3.05) is 31.2 Å². The second-order valence-electron chi connectivity index (χ2n) is 6.34. The molecule has 0 saturated carbocycles. The van der Waals surface area contributed by atoms with Crippen molar-refractivity contribution in [1.82, 2.24) is 4.57 Å². The number of rotatable bonds is 6. The molecule has 26 heavy (non-hydrogen) atoms. The van der Waals surface area contributed by atoms with Gasteiger partial charge in [-0.05, 0) is 18.6 Å². The Labute approximate surface area is 149 Å². The Morgan fingerprint density at radius 2 is 2.08 bits per heavy atom. The number of halogens is 1. The largest absolute Gasteiger partial charge is 0.481 e. The highest BCUT2D eigenvalue weighted by atomic mass is 19.1. The number of hydrogen-bond donors (Lipinski definition) is 1. The first-order chi connectivity index (χ1) is 12.5. The zero-order valence-electron chi connectivity index (χ0n) is 14.5. The van der Waals surface area contributed by atoms with Gasteiger partial charge in [0.15, 0.2) is 0 Å². The SMILES string of the molecule is C[C@H](CCC(=O)O)c1cn(-c2ccc(N3CCOCC3)c(F)c2)c(=O)o1. The number of carboxylic acid groups (broad SMARTS) is 1. The van der Waals surface area contributed by atoms with Gasteiger partial charge in [-0.15, -0.1) is 0 Å². The second-order valence-corrected chi connectivity index (χ2v) is 6.34. The van der Waals surface area contributed by atoms with Crippen LogP contribution in [-0.4, -0.2) is 41.9 Å². The number of aliphatic carboxylic acids is 1. The van der Waals surface area contributed by atoms with Gasteiger partial charge in [-0.2, -0.15) is 0 Å². The van der Waals surface area contributed by atoms with Crippen LogP contribution >= 0.6 is 0 Å². The van der Waals surface area contributed by atoms with Crippen LogP contribution in [-0.2, 0) is 9.53 Å². The fourth-order valence-corrected chi connectivity index (χ4v) is 2.95. The van der Waals surface area contributed by atoms with Crippen LogP contribution < -0.4 is 10.7 Å². The lowest BCUT2D eigenvalue weighted by molar-refractivity contribution is -0.137. The highest BCUT2D eigenvalue weighted by molar-refractivity contribution is 5.66.